The molecule has 0 nitrogen and oxygen atoms in total. The van der Waals surface area contributed by atoms with E-state index in [0.29, 0.717) is 19.7 Å². The van der Waals surface area contributed by atoms with Crippen LogP contribution in [0.1, 0.15) is 164 Å². The molecule has 9 heteroatoms. The van der Waals surface area contributed by atoms with Crippen molar-refractivity contribution in [3.63, 3.8) is 0 Å². The van der Waals surface area contributed by atoms with E-state index in [4.69, 9.17) is 0 Å². The van der Waals surface area contributed by atoms with Gasteiger partial charge in [-0.1, -0.05) is 132 Å². The second kappa shape index (κ2) is 19.2. The molecule has 0 bridgehead atoms. The molecule has 3 aliphatic carbocycles. The van der Waals surface area contributed by atoms with Crippen molar-refractivity contribution in [2.75, 3.05) is 0 Å². The molecule has 5 aromatic carbocycles. The van der Waals surface area contributed by atoms with Crippen molar-refractivity contribution >= 4 is 14.4 Å². The summed E-state index contributed by atoms with van der Waals surface area (Å²) in [5.41, 5.74) is 17.7. The SMILES string of the molecule is CC(C)(C)C1=[C-]C(C)(C)c2cc3c(cc21)-c1cc2c(cc1C3)C(C)(C)C=C2C(C)(C)C.CCc1cc(C(C)(C)C)c[cH-]1.FC(F)(F)c1ccc([C](=[Zr+2])c2ccc(C(F)(F)F)cc2)cc1.[Cl-].[Cl-]. The van der Waals surface area contributed by atoms with E-state index in [9.17, 15) is 26.3 Å². The van der Waals surface area contributed by atoms with Crippen LogP contribution in [0.5, 0.6) is 0 Å². The molecule has 0 fully saturated rings. The van der Waals surface area contributed by atoms with Gasteiger partial charge in [0.25, 0.3) is 0 Å². The number of hydrogen-bond donors (Lipinski definition) is 0. The zero-order chi connectivity index (χ0) is 47.7. The number of fused-ring (bicyclic) bond motifs is 5. The molecule has 0 amide bonds. The first-order chi connectivity index (χ1) is 29.2. The summed E-state index contributed by atoms with van der Waals surface area (Å²) < 4.78 is 75.6. The Labute approximate surface area is 417 Å². The van der Waals surface area contributed by atoms with Crippen LogP contribution in [-0.2, 0) is 65.7 Å². The Morgan fingerprint density at radius 2 is 1.05 bits per heavy atom. The molecule has 0 radical (unpaired) electrons. The van der Waals surface area contributed by atoms with E-state index >= 15 is 0 Å². The number of halogens is 8. The van der Waals surface area contributed by atoms with Crippen molar-refractivity contribution < 1.29 is 75.4 Å². The van der Waals surface area contributed by atoms with Gasteiger partial charge in [-0.3, -0.25) is 6.08 Å². The quantitative estimate of drug-likeness (QED) is 0.122. The van der Waals surface area contributed by atoms with Gasteiger partial charge in [0.2, 0.25) is 0 Å². The minimum absolute atomic E-state index is 0. The summed E-state index contributed by atoms with van der Waals surface area (Å²) in [5, 5.41) is 0. The minimum atomic E-state index is -4.41. The van der Waals surface area contributed by atoms with Gasteiger partial charge < -0.3 is 24.8 Å². The standard InChI is InChI=1S/C31H37.C15H8F6.C11H17.2ClH.Zr/c1-28(2,3)26-16-30(7,8)24-12-18-11-19-13-25-23(15-21(19)20(18)14-22(24)26)27(29(4,5)6)17-31(25,9)10;16-14(17,18)12-5-1-10(2-6-12)9-11-3-7-13(8-4-11)15(19,20)21;1-5-9-6-7-10(8-9)11(2,3)4;;;/h12-16H,11H2,1-10H3;1-8H;6-8H,5H2,1-4H3;2*1H;/q-1;;-1;;;+2/p-2. The van der Waals surface area contributed by atoms with E-state index in [0.717, 1.165) is 61.3 Å². The molecule has 8 rings (SSSR count). The Morgan fingerprint density at radius 1 is 0.591 bits per heavy atom. The van der Waals surface area contributed by atoms with Gasteiger partial charge in [0.15, 0.2) is 0 Å². The van der Waals surface area contributed by atoms with E-state index in [1.165, 1.54) is 91.0 Å². The summed E-state index contributed by atoms with van der Waals surface area (Å²) >= 11 is 0.898. The van der Waals surface area contributed by atoms with Gasteiger partial charge in [0.05, 0.1) is 0 Å². The fraction of sp³-hybridized carbons (Fsp3) is 0.404. The zero-order valence-electron chi connectivity index (χ0n) is 40.7. The largest absolute Gasteiger partial charge is 1.00 e. The third-order valence-corrected chi connectivity index (χ3v) is 14.1. The molecular formula is C57H62Cl2F6Zr-2. The van der Waals surface area contributed by atoms with Gasteiger partial charge in [-0.25, -0.2) is 11.6 Å². The van der Waals surface area contributed by atoms with E-state index < -0.39 is 23.5 Å². The van der Waals surface area contributed by atoms with Crippen LogP contribution in [0.25, 0.3) is 22.3 Å². The number of aryl methyl sites for hydroxylation is 1. The van der Waals surface area contributed by atoms with Crippen LogP contribution in [0.4, 0.5) is 26.3 Å². The van der Waals surface area contributed by atoms with Gasteiger partial charge in [-0.2, -0.15) is 28.8 Å². The molecule has 0 saturated heterocycles. The van der Waals surface area contributed by atoms with Crippen LogP contribution < -0.4 is 24.8 Å². The summed E-state index contributed by atoms with van der Waals surface area (Å²) in [4.78, 5) is 0. The molecule has 0 aliphatic heterocycles. The first-order valence-electron chi connectivity index (χ1n) is 22.2. The van der Waals surface area contributed by atoms with E-state index in [1.54, 1.807) is 0 Å². The second-order valence-electron chi connectivity index (χ2n) is 21.8. The maximum atomic E-state index is 12.5. The third-order valence-electron chi connectivity index (χ3n) is 12.7. The molecule has 3 aliphatic rings. The maximum Gasteiger partial charge on any atom is -1.00 e. The van der Waals surface area contributed by atoms with Crippen LogP contribution in [0.15, 0.2) is 97.1 Å². The number of hydrogen-bond acceptors (Lipinski definition) is 0. The van der Waals surface area contributed by atoms with Crippen LogP contribution in [0.2, 0.25) is 0 Å². The Bertz CT molecular complexity index is 2470. The summed E-state index contributed by atoms with van der Waals surface area (Å²) in [7, 11) is 0. The summed E-state index contributed by atoms with van der Waals surface area (Å²) in [6.45, 7) is 32.3. The third kappa shape index (κ3) is 11.7. The average Bonchev–Trinajstić information content (AvgIpc) is 3.94. The summed E-state index contributed by atoms with van der Waals surface area (Å²) in [5.74, 6) is 0. The molecule has 5 aromatic rings. The first-order valence-corrected chi connectivity index (χ1v) is 23.4. The topological polar surface area (TPSA) is 0 Å². The van der Waals surface area contributed by atoms with Crippen LogP contribution in [-0.4, -0.2) is 3.21 Å². The average molecular weight is 1020 g/mol. The smallest absolute Gasteiger partial charge is 1.00 e. The molecule has 352 valence electrons. The van der Waals surface area contributed by atoms with Crippen molar-refractivity contribution in [1.29, 1.82) is 0 Å². The van der Waals surface area contributed by atoms with Gasteiger partial charge in [0.1, 0.15) is 0 Å². The zero-order valence-corrected chi connectivity index (χ0v) is 44.6. The minimum Gasteiger partial charge on any atom is -1.00 e. The Hall–Kier alpha value is -3.38. The van der Waals surface area contributed by atoms with Crippen LogP contribution in [0, 0.1) is 16.9 Å². The van der Waals surface area contributed by atoms with Crippen molar-refractivity contribution in [1.82, 2.24) is 0 Å². The monoisotopic (exact) mass is 1020 g/mol. The second-order valence-corrected chi connectivity index (χ2v) is 23.1. The van der Waals surface area contributed by atoms with Crippen molar-refractivity contribution in [2.24, 2.45) is 10.8 Å². The molecule has 0 spiro atoms. The van der Waals surface area contributed by atoms with Gasteiger partial charge in [-0.05, 0) is 62.3 Å². The Morgan fingerprint density at radius 3 is 1.42 bits per heavy atom. The van der Waals surface area contributed by atoms with Crippen molar-refractivity contribution in [3.05, 3.63) is 170 Å². The fourth-order valence-corrected chi connectivity index (χ4v) is 9.76. The molecule has 0 atom stereocenters. The van der Waals surface area contributed by atoms with Gasteiger partial charge >= 0.3 is 137 Å². The van der Waals surface area contributed by atoms with E-state index in [-0.39, 0.29) is 46.5 Å². The van der Waals surface area contributed by atoms with Crippen LogP contribution in [0.3, 0.4) is 0 Å². The molecule has 0 heterocycles. The molecule has 0 aromatic heterocycles. The Kier molecular flexibility index (Phi) is 16.1. The number of alkyl halides is 6. The number of benzene rings is 4. The van der Waals surface area contributed by atoms with Gasteiger partial charge in [0, 0.05) is 5.41 Å². The van der Waals surface area contributed by atoms with Gasteiger partial charge in [-0.15, -0.1) is 11.6 Å². The molecule has 0 saturated carbocycles. The molecule has 0 unspecified atom stereocenters. The van der Waals surface area contributed by atoms with Crippen molar-refractivity contribution in [3.8, 4) is 11.1 Å². The normalized spacial score (nSPS) is 15.5. The predicted molar refractivity (Wildman–Crippen MR) is 250 cm³/mol. The summed E-state index contributed by atoms with van der Waals surface area (Å²) in [6, 6.07) is 25.9. The predicted octanol–water partition coefficient (Wildman–Crippen LogP) is 10.6. The Balaban J connectivity index is 0.000000238. The molecule has 0 N–H and O–H groups in total. The molecule has 66 heavy (non-hydrogen) atoms. The van der Waals surface area contributed by atoms with E-state index in [2.05, 4.69) is 152 Å². The van der Waals surface area contributed by atoms with Crippen molar-refractivity contribution in [2.45, 2.75) is 138 Å². The van der Waals surface area contributed by atoms with E-state index in [1.807, 2.05) is 0 Å². The number of rotatable bonds is 3. The fourth-order valence-electron chi connectivity index (χ4n) is 8.94. The van der Waals surface area contributed by atoms with Crippen LogP contribution >= 0.6 is 0 Å². The molecular weight excluding hydrogens is 961 g/mol. The first kappa shape index (κ1) is 55.2. The maximum absolute atomic E-state index is 12.5. The summed E-state index contributed by atoms with van der Waals surface area (Å²) in [6.07, 6.45) is -0.262. The number of allylic oxidation sites excluding steroid dienone is 4.